The van der Waals surface area contributed by atoms with E-state index in [1.807, 2.05) is 0 Å². The van der Waals surface area contributed by atoms with Crippen LogP contribution in [0.5, 0.6) is 0 Å². The summed E-state index contributed by atoms with van der Waals surface area (Å²) >= 11 is 0. The molecule has 2 unspecified atom stereocenters. The molecule has 1 nitrogen and oxygen atoms in total. The summed E-state index contributed by atoms with van der Waals surface area (Å²) in [5, 5.41) is 3.73. The van der Waals surface area contributed by atoms with Gasteiger partial charge in [-0.15, -0.1) is 0 Å². The normalized spacial score (nSPS) is 15.4. The summed E-state index contributed by atoms with van der Waals surface area (Å²) in [6.45, 7) is 12.8. The highest BCUT2D eigenvalue weighted by atomic mass is 14.9. The lowest BCUT2D eigenvalue weighted by Gasteiger charge is -2.28. The van der Waals surface area contributed by atoms with Gasteiger partial charge in [-0.2, -0.15) is 0 Å². The number of rotatable bonds is 10. The van der Waals surface area contributed by atoms with Crippen LogP contribution in [0.15, 0.2) is 0 Å². The average molecular weight is 227 g/mol. The zero-order valence-electron chi connectivity index (χ0n) is 12.2. The summed E-state index contributed by atoms with van der Waals surface area (Å²) in [6, 6.07) is 0.733. The Hall–Kier alpha value is -0.0400. The lowest BCUT2D eigenvalue weighted by atomic mass is 9.87. The van der Waals surface area contributed by atoms with Crippen LogP contribution in [0.25, 0.3) is 0 Å². The molecule has 0 amide bonds. The molecule has 0 saturated carbocycles. The first-order valence-corrected chi connectivity index (χ1v) is 7.36. The molecule has 0 aliphatic heterocycles. The minimum atomic E-state index is 0.733. The van der Waals surface area contributed by atoms with Gasteiger partial charge in [-0.05, 0) is 31.2 Å². The fraction of sp³-hybridized carbons (Fsp3) is 1.00. The molecule has 0 aliphatic carbocycles. The lowest BCUT2D eigenvalue weighted by molar-refractivity contribution is 0.279. The van der Waals surface area contributed by atoms with Crippen LogP contribution >= 0.6 is 0 Å². The second-order valence-corrected chi connectivity index (χ2v) is 5.51. The van der Waals surface area contributed by atoms with Gasteiger partial charge in [0.15, 0.2) is 0 Å². The summed E-state index contributed by atoms with van der Waals surface area (Å²) < 4.78 is 0. The van der Waals surface area contributed by atoms with Gasteiger partial charge >= 0.3 is 0 Å². The van der Waals surface area contributed by atoms with Crippen LogP contribution in [0, 0.1) is 11.8 Å². The Morgan fingerprint density at radius 3 is 2.06 bits per heavy atom. The molecule has 0 radical (unpaired) electrons. The minimum Gasteiger partial charge on any atom is -0.314 e. The zero-order chi connectivity index (χ0) is 12.4. The van der Waals surface area contributed by atoms with Crippen LogP contribution in [0.3, 0.4) is 0 Å². The minimum absolute atomic E-state index is 0.733. The van der Waals surface area contributed by atoms with E-state index in [-0.39, 0.29) is 0 Å². The van der Waals surface area contributed by atoms with Crippen molar-refractivity contribution in [1.82, 2.24) is 5.32 Å². The molecule has 0 spiro atoms. The van der Waals surface area contributed by atoms with Crippen molar-refractivity contribution in [3.05, 3.63) is 0 Å². The SMILES string of the molecule is CCCCCCC(NCCC)C(C)C(C)C. The van der Waals surface area contributed by atoms with Crippen molar-refractivity contribution in [2.45, 2.75) is 79.2 Å². The maximum absolute atomic E-state index is 3.73. The predicted molar refractivity (Wildman–Crippen MR) is 74.8 cm³/mol. The Morgan fingerprint density at radius 1 is 0.875 bits per heavy atom. The molecular formula is C15H33N. The Kier molecular flexibility index (Phi) is 10.1. The quantitative estimate of drug-likeness (QED) is 0.537. The number of unbranched alkanes of at least 4 members (excludes halogenated alkanes) is 3. The van der Waals surface area contributed by atoms with Gasteiger partial charge < -0.3 is 5.32 Å². The first-order valence-electron chi connectivity index (χ1n) is 7.36. The van der Waals surface area contributed by atoms with E-state index >= 15 is 0 Å². The van der Waals surface area contributed by atoms with E-state index in [4.69, 9.17) is 0 Å². The molecule has 0 bridgehead atoms. The molecule has 0 fully saturated rings. The van der Waals surface area contributed by atoms with Gasteiger partial charge in [0.2, 0.25) is 0 Å². The summed E-state index contributed by atoms with van der Waals surface area (Å²) in [7, 11) is 0. The molecule has 0 aromatic carbocycles. The van der Waals surface area contributed by atoms with Crippen molar-refractivity contribution >= 4 is 0 Å². The molecule has 0 saturated heterocycles. The zero-order valence-corrected chi connectivity index (χ0v) is 12.2. The number of hydrogen-bond acceptors (Lipinski definition) is 1. The van der Waals surface area contributed by atoms with E-state index < -0.39 is 0 Å². The molecule has 0 aromatic heterocycles. The van der Waals surface area contributed by atoms with E-state index in [2.05, 4.69) is 39.9 Å². The molecule has 0 aliphatic rings. The topological polar surface area (TPSA) is 12.0 Å². The van der Waals surface area contributed by atoms with Gasteiger partial charge in [0.05, 0.1) is 0 Å². The van der Waals surface area contributed by atoms with Crippen molar-refractivity contribution in [2.24, 2.45) is 11.8 Å². The molecule has 0 rings (SSSR count). The highest BCUT2D eigenvalue weighted by Gasteiger charge is 2.18. The number of nitrogens with one attached hydrogen (secondary N) is 1. The smallest absolute Gasteiger partial charge is 0.00951 e. The molecular weight excluding hydrogens is 194 g/mol. The van der Waals surface area contributed by atoms with Crippen molar-refractivity contribution in [3.63, 3.8) is 0 Å². The van der Waals surface area contributed by atoms with Crippen molar-refractivity contribution in [1.29, 1.82) is 0 Å². The molecule has 0 aromatic rings. The number of hydrogen-bond donors (Lipinski definition) is 1. The van der Waals surface area contributed by atoms with Crippen LogP contribution in [-0.2, 0) is 0 Å². The van der Waals surface area contributed by atoms with Crippen molar-refractivity contribution in [3.8, 4) is 0 Å². The van der Waals surface area contributed by atoms with Crippen molar-refractivity contribution < 1.29 is 0 Å². The second kappa shape index (κ2) is 10.1. The van der Waals surface area contributed by atoms with Gasteiger partial charge in [0.1, 0.15) is 0 Å². The maximum atomic E-state index is 3.73. The van der Waals surface area contributed by atoms with E-state index in [1.54, 1.807) is 0 Å². The molecule has 0 heterocycles. The fourth-order valence-corrected chi connectivity index (χ4v) is 2.14. The van der Waals surface area contributed by atoms with Gasteiger partial charge in [-0.3, -0.25) is 0 Å². The van der Waals surface area contributed by atoms with Gasteiger partial charge in [0.25, 0.3) is 0 Å². The molecule has 2 atom stereocenters. The highest BCUT2D eigenvalue weighted by molar-refractivity contribution is 4.75. The Bertz CT molecular complexity index is 142. The highest BCUT2D eigenvalue weighted by Crippen LogP contribution is 2.19. The van der Waals surface area contributed by atoms with Crippen molar-refractivity contribution in [2.75, 3.05) is 6.54 Å². The lowest BCUT2D eigenvalue weighted by Crippen LogP contribution is -2.37. The standard InChI is InChI=1S/C15H33N/c1-6-8-9-10-11-15(16-12-7-2)14(5)13(3)4/h13-16H,6-12H2,1-5H3. The molecule has 1 heteroatoms. The van der Waals surface area contributed by atoms with Crippen LogP contribution < -0.4 is 5.32 Å². The third-order valence-corrected chi connectivity index (χ3v) is 3.71. The van der Waals surface area contributed by atoms with E-state index in [0.717, 1.165) is 17.9 Å². The van der Waals surface area contributed by atoms with E-state index in [0.29, 0.717) is 0 Å². The summed E-state index contributed by atoms with van der Waals surface area (Å²) in [5.41, 5.74) is 0. The summed E-state index contributed by atoms with van der Waals surface area (Å²) in [4.78, 5) is 0. The maximum Gasteiger partial charge on any atom is 0.00951 e. The second-order valence-electron chi connectivity index (χ2n) is 5.51. The molecule has 1 N–H and O–H groups in total. The first-order chi connectivity index (χ1) is 7.63. The molecule has 16 heavy (non-hydrogen) atoms. The van der Waals surface area contributed by atoms with Crippen LogP contribution in [-0.4, -0.2) is 12.6 Å². The monoisotopic (exact) mass is 227 g/mol. The van der Waals surface area contributed by atoms with E-state index in [1.165, 1.54) is 45.1 Å². The Labute approximate surface area is 103 Å². The summed E-state index contributed by atoms with van der Waals surface area (Å²) in [6.07, 6.45) is 8.15. The first kappa shape index (κ1) is 16.0. The Balaban J connectivity index is 3.89. The van der Waals surface area contributed by atoms with Gasteiger partial charge in [0, 0.05) is 6.04 Å². The third-order valence-electron chi connectivity index (χ3n) is 3.71. The van der Waals surface area contributed by atoms with Crippen LogP contribution in [0.1, 0.15) is 73.1 Å². The van der Waals surface area contributed by atoms with E-state index in [9.17, 15) is 0 Å². The van der Waals surface area contributed by atoms with Crippen LogP contribution in [0.4, 0.5) is 0 Å². The average Bonchev–Trinajstić information content (AvgIpc) is 2.27. The van der Waals surface area contributed by atoms with Gasteiger partial charge in [-0.25, -0.2) is 0 Å². The largest absolute Gasteiger partial charge is 0.314 e. The van der Waals surface area contributed by atoms with Crippen LogP contribution in [0.2, 0.25) is 0 Å². The Morgan fingerprint density at radius 2 is 1.56 bits per heavy atom. The third kappa shape index (κ3) is 7.27. The predicted octanol–water partition coefficient (Wildman–Crippen LogP) is 4.62. The fourth-order valence-electron chi connectivity index (χ4n) is 2.14. The molecule has 98 valence electrons. The van der Waals surface area contributed by atoms with Gasteiger partial charge in [-0.1, -0.05) is 60.3 Å². The summed E-state index contributed by atoms with van der Waals surface area (Å²) in [5.74, 6) is 1.59.